The van der Waals surface area contributed by atoms with Crippen molar-refractivity contribution in [3.63, 3.8) is 0 Å². The van der Waals surface area contributed by atoms with Crippen molar-refractivity contribution >= 4 is 29.4 Å². The lowest BCUT2D eigenvalue weighted by Crippen LogP contribution is -2.56. The fourth-order valence-corrected chi connectivity index (χ4v) is 6.67. The zero-order chi connectivity index (χ0) is 30.0. The number of aliphatic hydroxyl groups excluding tert-OH is 1. The molecular formula is C32H41N3O7. The number of hydrogen-bond donors (Lipinski definition) is 2. The second-order valence-electron chi connectivity index (χ2n) is 11.8. The molecule has 3 amide bonds. The quantitative estimate of drug-likeness (QED) is 0.301. The molecule has 4 aliphatic rings. The van der Waals surface area contributed by atoms with E-state index in [0.29, 0.717) is 32.2 Å². The number of nitrogens with zero attached hydrogens (tertiary/aromatic N) is 2. The molecule has 1 aromatic rings. The standard InChI is InChI=1S/C32H41N3O7/c1-20-11-12-21(2)23(18-20)34-15-7-4-6-10-25(37)33-19-22(3)41-31(40)26-24-13-14-32(42-24)27(26)29(38)35(28(32)30(34)39)16-8-5-9-17-36/h4,7,11-14,18,22,24,26-28,36H,5-6,8-10,15-17,19H2,1-3H3,(H,33,37)/b7-4-/t22-,24+,26-,27-,28+,32-/m0/s1. The van der Waals surface area contributed by atoms with Crippen molar-refractivity contribution in [1.29, 1.82) is 0 Å². The molecule has 0 aromatic heterocycles. The van der Waals surface area contributed by atoms with Crippen molar-refractivity contribution in [1.82, 2.24) is 10.2 Å². The third-order valence-electron chi connectivity index (χ3n) is 8.76. The van der Waals surface area contributed by atoms with Gasteiger partial charge in [-0.05, 0) is 63.6 Å². The van der Waals surface area contributed by atoms with Gasteiger partial charge in [-0.3, -0.25) is 19.2 Å². The van der Waals surface area contributed by atoms with Crippen LogP contribution in [0.25, 0.3) is 0 Å². The van der Waals surface area contributed by atoms with E-state index in [1.807, 2.05) is 44.2 Å². The van der Waals surface area contributed by atoms with Gasteiger partial charge in [-0.25, -0.2) is 0 Å². The van der Waals surface area contributed by atoms with Crippen LogP contribution in [0.1, 0.15) is 50.2 Å². The minimum atomic E-state index is -1.30. The van der Waals surface area contributed by atoms with E-state index >= 15 is 0 Å². The Morgan fingerprint density at radius 3 is 2.67 bits per heavy atom. The fraction of sp³-hybridized carbons (Fsp3) is 0.562. The number of anilines is 1. The van der Waals surface area contributed by atoms with E-state index in [1.54, 1.807) is 28.9 Å². The molecule has 226 valence electrons. The van der Waals surface area contributed by atoms with Gasteiger partial charge in [0.05, 0.1) is 18.6 Å². The van der Waals surface area contributed by atoms with Crippen LogP contribution in [-0.4, -0.2) is 83.8 Å². The first kappa shape index (κ1) is 30.0. The number of allylic oxidation sites excluding steroid dienone is 1. The maximum absolute atomic E-state index is 14.8. The Hall–Kier alpha value is -3.50. The number of carbonyl (C=O) groups is 4. The van der Waals surface area contributed by atoms with Gasteiger partial charge in [-0.1, -0.05) is 36.4 Å². The van der Waals surface area contributed by atoms with Crippen LogP contribution in [0.2, 0.25) is 0 Å². The number of cyclic esters (lactones) is 1. The monoisotopic (exact) mass is 579 g/mol. The molecule has 6 atom stereocenters. The summed E-state index contributed by atoms with van der Waals surface area (Å²) in [4.78, 5) is 58.1. The molecule has 0 aliphatic carbocycles. The third-order valence-corrected chi connectivity index (χ3v) is 8.76. The molecule has 5 bridgehead atoms. The van der Waals surface area contributed by atoms with Gasteiger partial charge in [-0.2, -0.15) is 0 Å². The van der Waals surface area contributed by atoms with Crippen molar-refractivity contribution in [3.8, 4) is 0 Å². The zero-order valence-corrected chi connectivity index (χ0v) is 24.6. The van der Waals surface area contributed by atoms with Crippen LogP contribution in [0.5, 0.6) is 0 Å². The summed E-state index contributed by atoms with van der Waals surface area (Å²) in [6, 6.07) is 4.93. The van der Waals surface area contributed by atoms with Crippen molar-refractivity contribution in [2.24, 2.45) is 11.8 Å². The lowest BCUT2D eigenvalue weighted by atomic mass is 9.74. The predicted octanol–water partition coefficient (Wildman–Crippen LogP) is 2.35. The first-order valence-electron chi connectivity index (χ1n) is 15.0. The van der Waals surface area contributed by atoms with E-state index in [2.05, 4.69) is 5.32 Å². The molecule has 4 aliphatic heterocycles. The van der Waals surface area contributed by atoms with Gasteiger partial charge in [-0.15, -0.1) is 0 Å². The number of amides is 3. The van der Waals surface area contributed by atoms with Gasteiger partial charge in [0.2, 0.25) is 11.8 Å². The van der Waals surface area contributed by atoms with Crippen molar-refractivity contribution in [3.05, 3.63) is 53.6 Å². The Bertz CT molecular complexity index is 1290. The molecule has 1 aromatic carbocycles. The summed E-state index contributed by atoms with van der Waals surface area (Å²) in [5, 5.41) is 12.1. The molecule has 2 saturated heterocycles. The maximum Gasteiger partial charge on any atom is 0.313 e. The summed E-state index contributed by atoms with van der Waals surface area (Å²) in [5.74, 6) is -3.13. The first-order chi connectivity index (χ1) is 20.2. The van der Waals surface area contributed by atoms with Crippen LogP contribution in [-0.2, 0) is 28.7 Å². The number of unbranched alkanes of at least 4 members (excludes halogenated alkanes) is 2. The smallest absolute Gasteiger partial charge is 0.313 e. The molecule has 2 N–H and O–H groups in total. The van der Waals surface area contributed by atoms with E-state index in [0.717, 1.165) is 16.8 Å². The highest BCUT2D eigenvalue weighted by Crippen LogP contribution is 2.55. The van der Waals surface area contributed by atoms with E-state index in [-0.39, 0.29) is 43.8 Å². The fourth-order valence-electron chi connectivity index (χ4n) is 6.67. The lowest BCUT2D eigenvalue weighted by molar-refractivity contribution is -0.158. The number of rotatable bonds is 6. The van der Waals surface area contributed by atoms with Crippen molar-refractivity contribution in [2.45, 2.75) is 76.7 Å². The third kappa shape index (κ3) is 5.49. The average Bonchev–Trinajstić information content (AvgIpc) is 3.60. The highest BCUT2D eigenvalue weighted by atomic mass is 16.6. The second kappa shape index (κ2) is 12.4. The van der Waals surface area contributed by atoms with Crippen LogP contribution >= 0.6 is 0 Å². The van der Waals surface area contributed by atoms with Gasteiger partial charge < -0.3 is 29.7 Å². The molecule has 2 fully saturated rings. The normalized spacial score (nSPS) is 32.2. The Kier molecular flexibility index (Phi) is 8.84. The average molecular weight is 580 g/mol. The van der Waals surface area contributed by atoms with Crippen LogP contribution in [0.3, 0.4) is 0 Å². The van der Waals surface area contributed by atoms with Crippen LogP contribution in [0.4, 0.5) is 5.69 Å². The van der Waals surface area contributed by atoms with Gasteiger partial charge in [0.25, 0.3) is 5.91 Å². The predicted molar refractivity (Wildman–Crippen MR) is 155 cm³/mol. The molecule has 0 radical (unpaired) electrons. The summed E-state index contributed by atoms with van der Waals surface area (Å²) < 4.78 is 12.2. The summed E-state index contributed by atoms with van der Waals surface area (Å²) in [6.07, 6.45) is 8.67. The molecule has 0 saturated carbocycles. The minimum Gasteiger partial charge on any atom is -0.460 e. The van der Waals surface area contributed by atoms with Crippen LogP contribution < -0.4 is 10.2 Å². The molecule has 42 heavy (non-hydrogen) atoms. The molecule has 5 rings (SSSR count). The van der Waals surface area contributed by atoms with E-state index in [4.69, 9.17) is 9.47 Å². The summed E-state index contributed by atoms with van der Waals surface area (Å²) in [6.45, 7) is 6.35. The molecule has 10 nitrogen and oxygen atoms in total. The number of benzene rings is 1. The second-order valence-corrected chi connectivity index (χ2v) is 11.8. The van der Waals surface area contributed by atoms with Gasteiger partial charge in [0, 0.05) is 31.8 Å². The van der Waals surface area contributed by atoms with Gasteiger partial charge in [0.1, 0.15) is 23.7 Å². The molecule has 0 unspecified atom stereocenters. The SMILES string of the molecule is Cc1ccc(C)c(N2C/C=C\CCC(=O)NC[C@H](C)OC(=O)[C@@H]3[C@H]4C(=O)N(CCCCCO)[C@H](C2=O)[C@]42C=C[C@H]3O2)c1. The Morgan fingerprint density at radius 1 is 1.07 bits per heavy atom. The Morgan fingerprint density at radius 2 is 1.88 bits per heavy atom. The molecule has 4 heterocycles. The van der Waals surface area contributed by atoms with E-state index in [1.165, 1.54) is 0 Å². The first-order valence-corrected chi connectivity index (χ1v) is 15.0. The number of aryl methyl sites for hydroxylation is 2. The van der Waals surface area contributed by atoms with E-state index in [9.17, 15) is 24.3 Å². The van der Waals surface area contributed by atoms with Gasteiger partial charge in [0.15, 0.2) is 0 Å². The van der Waals surface area contributed by atoms with Crippen LogP contribution in [0.15, 0.2) is 42.5 Å². The number of fused-ring (bicyclic) bond motifs is 2. The topological polar surface area (TPSA) is 125 Å². The number of nitrogens with one attached hydrogen (secondary N) is 1. The number of likely N-dealkylation sites (tertiary alicyclic amines) is 1. The summed E-state index contributed by atoms with van der Waals surface area (Å²) in [5.41, 5.74) is 1.32. The van der Waals surface area contributed by atoms with E-state index < -0.39 is 41.7 Å². The number of aliphatic hydroxyl groups is 1. The van der Waals surface area contributed by atoms with Gasteiger partial charge >= 0.3 is 5.97 Å². The lowest BCUT2D eigenvalue weighted by Gasteiger charge is -2.36. The number of esters is 1. The van der Waals surface area contributed by atoms with Crippen LogP contribution in [0, 0.1) is 25.7 Å². The number of carbonyl (C=O) groups excluding carboxylic acids is 4. The largest absolute Gasteiger partial charge is 0.460 e. The summed E-state index contributed by atoms with van der Waals surface area (Å²) >= 11 is 0. The highest BCUT2D eigenvalue weighted by Gasteiger charge is 2.73. The van der Waals surface area contributed by atoms with Crippen molar-refractivity contribution in [2.75, 3.05) is 31.1 Å². The van der Waals surface area contributed by atoms with Crippen molar-refractivity contribution < 1.29 is 33.8 Å². The molecule has 1 spiro atoms. The minimum absolute atomic E-state index is 0.0513. The molecule has 10 heteroatoms. The number of ether oxygens (including phenoxy) is 2. The maximum atomic E-state index is 14.8. The Labute approximate surface area is 246 Å². The number of hydrogen-bond acceptors (Lipinski definition) is 7. The Balaban J connectivity index is 1.59. The highest BCUT2D eigenvalue weighted by molar-refractivity contribution is 6.05. The zero-order valence-electron chi connectivity index (χ0n) is 24.6. The summed E-state index contributed by atoms with van der Waals surface area (Å²) in [7, 11) is 0. The molecular weight excluding hydrogens is 538 g/mol.